The molecule has 3 heterocycles. The number of hydrogen-bond acceptors (Lipinski definition) is 7. The Balaban J connectivity index is 1.35. The van der Waals surface area contributed by atoms with Crippen LogP contribution in [0.25, 0.3) is 11.0 Å². The lowest BCUT2D eigenvalue weighted by atomic mass is 9.68. The molecule has 2 saturated carbocycles. The maximum absolute atomic E-state index is 14.0. The van der Waals surface area contributed by atoms with Crippen molar-refractivity contribution in [1.82, 2.24) is 14.5 Å². The van der Waals surface area contributed by atoms with Crippen LogP contribution in [-0.2, 0) is 14.4 Å². The number of carboxylic acids is 1. The van der Waals surface area contributed by atoms with E-state index in [1.54, 1.807) is 10.6 Å². The van der Waals surface area contributed by atoms with Crippen molar-refractivity contribution in [2.45, 2.75) is 94.8 Å². The van der Waals surface area contributed by atoms with Gasteiger partial charge >= 0.3 is 5.97 Å². The number of fused-ring (bicyclic) bond motifs is 5. The summed E-state index contributed by atoms with van der Waals surface area (Å²) in [6.45, 7) is -0.594. The van der Waals surface area contributed by atoms with Crippen LogP contribution in [0.2, 0.25) is 0 Å². The van der Waals surface area contributed by atoms with Gasteiger partial charge in [-0.15, -0.1) is 0 Å². The molecule has 2 aliphatic carbocycles. The van der Waals surface area contributed by atoms with Crippen LogP contribution in [-0.4, -0.2) is 61.9 Å². The molecule has 1 amide bonds. The van der Waals surface area contributed by atoms with Crippen LogP contribution in [0, 0.1) is 11.8 Å². The number of aliphatic carboxylic acids is 1. The number of piperidine rings is 2. The van der Waals surface area contributed by atoms with Gasteiger partial charge in [0.2, 0.25) is 5.71 Å². The molecule has 4 unspecified atom stereocenters. The Morgan fingerprint density at radius 1 is 0.949 bits per heavy atom. The van der Waals surface area contributed by atoms with E-state index < -0.39 is 29.8 Å². The number of aromatic nitrogens is 2. The summed E-state index contributed by atoms with van der Waals surface area (Å²) in [5.74, 6) is -0.533. The number of benzene rings is 1. The first-order valence-electron chi connectivity index (χ1n) is 14.4. The average Bonchev–Trinajstić information content (AvgIpc) is 2.90. The van der Waals surface area contributed by atoms with Crippen LogP contribution < -0.4 is 11.3 Å². The molecule has 208 valence electrons. The smallest absolute Gasteiger partial charge is 0.360 e. The molecule has 2 aromatic rings. The van der Waals surface area contributed by atoms with Gasteiger partial charge in [-0.05, 0) is 68.9 Å². The van der Waals surface area contributed by atoms with Gasteiger partial charge in [-0.3, -0.25) is 14.5 Å². The number of rotatable bonds is 7. The van der Waals surface area contributed by atoms with Crippen molar-refractivity contribution in [3.8, 4) is 0 Å². The van der Waals surface area contributed by atoms with E-state index in [9.17, 15) is 19.5 Å². The summed E-state index contributed by atoms with van der Waals surface area (Å²) in [7, 11) is 0. The minimum Gasteiger partial charge on any atom is -0.476 e. The molecule has 0 spiro atoms. The van der Waals surface area contributed by atoms with Crippen LogP contribution in [0.5, 0.6) is 0 Å². The van der Waals surface area contributed by atoms with Gasteiger partial charge in [-0.25, -0.2) is 9.78 Å². The van der Waals surface area contributed by atoms with E-state index in [1.807, 2.05) is 18.2 Å². The molecule has 6 rings (SSSR count). The van der Waals surface area contributed by atoms with E-state index in [4.69, 9.17) is 10.6 Å². The number of carbonyl (C=O) groups excluding carboxylic acids is 1. The number of para-hydroxylation sites is 2. The van der Waals surface area contributed by atoms with Crippen molar-refractivity contribution in [2.24, 2.45) is 22.7 Å². The van der Waals surface area contributed by atoms with Crippen LogP contribution in [0.1, 0.15) is 82.4 Å². The predicted octanol–water partition coefficient (Wildman–Crippen LogP) is 3.21. The largest absolute Gasteiger partial charge is 0.476 e. The first-order chi connectivity index (χ1) is 18.9. The molecule has 2 aliphatic heterocycles. The van der Waals surface area contributed by atoms with E-state index in [-0.39, 0.29) is 11.7 Å². The fraction of sp³-hybridized carbons (Fsp3) is 0.621. The predicted molar refractivity (Wildman–Crippen MR) is 145 cm³/mol. The number of carboxylic acid groups (broad SMARTS) is 1. The highest BCUT2D eigenvalue weighted by Crippen LogP contribution is 2.47. The van der Waals surface area contributed by atoms with Gasteiger partial charge in [-0.1, -0.05) is 43.0 Å². The average molecular weight is 536 g/mol. The zero-order chi connectivity index (χ0) is 27.1. The molecule has 4 atom stereocenters. The summed E-state index contributed by atoms with van der Waals surface area (Å²) < 4.78 is 1.75. The molecule has 2 saturated heterocycles. The second-order valence-electron chi connectivity index (χ2n) is 11.9. The molecule has 4 fully saturated rings. The van der Waals surface area contributed by atoms with Crippen LogP contribution in [0.3, 0.4) is 0 Å². The van der Waals surface area contributed by atoms with Gasteiger partial charge in [0, 0.05) is 24.2 Å². The lowest BCUT2D eigenvalue weighted by Crippen LogP contribution is -2.58. The number of carbonyl (C=O) groups is 2. The number of nitrogens with zero attached hydrogens (tertiary/aromatic N) is 4. The summed E-state index contributed by atoms with van der Waals surface area (Å²) in [6, 6.07) is 8.74. The van der Waals surface area contributed by atoms with E-state index >= 15 is 0 Å². The van der Waals surface area contributed by atoms with E-state index in [1.165, 1.54) is 44.9 Å². The summed E-state index contributed by atoms with van der Waals surface area (Å²) in [4.78, 5) is 49.2. The van der Waals surface area contributed by atoms with Gasteiger partial charge < -0.3 is 20.2 Å². The second kappa shape index (κ2) is 10.7. The van der Waals surface area contributed by atoms with Crippen molar-refractivity contribution < 1.29 is 19.5 Å². The number of nitrogens with two attached hydrogens (primary N) is 1. The fourth-order valence-corrected chi connectivity index (χ4v) is 8.15. The topological polar surface area (TPSA) is 140 Å². The Morgan fingerprint density at radius 2 is 1.62 bits per heavy atom. The molecule has 1 aromatic carbocycles. The SMILES string of the molecule is NC(=O)CO/N=C(\C(=O)O)c1nc2ccccc2n(C2CC3CCCC(C2)N3C2CC3CCCC(C3)C2)c1=O. The highest BCUT2D eigenvalue weighted by atomic mass is 16.6. The van der Waals surface area contributed by atoms with E-state index in [0.29, 0.717) is 29.2 Å². The third kappa shape index (κ3) is 5.06. The first-order valence-corrected chi connectivity index (χ1v) is 14.4. The molecular formula is C29H37N5O5. The molecule has 10 nitrogen and oxygen atoms in total. The van der Waals surface area contributed by atoms with Gasteiger partial charge in [0.15, 0.2) is 12.3 Å². The molecule has 3 N–H and O–H groups in total. The zero-order valence-electron chi connectivity index (χ0n) is 22.2. The van der Waals surface area contributed by atoms with Gasteiger partial charge in [0.1, 0.15) is 0 Å². The molecule has 10 heteroatoms. The Labute approximate surface area is 227 Å². The minimum absolute atomic E-state index is 0.0691. The maximum atomic E-state index is 14.0. The van der Waals surface area contributed by atoms with E-state index in [2.05, 4.69) is 15.0 Å². The number of primary amides is 1. The Morgan fingerprint density at radius 3 is 2.28 bits per heavy atom. The normalized spacial score (nSPS) is 31.1. The van der Waals surface area contributed by atoms with Gasteiger partial charge in [-0.2, -0.15) is 0 Å². The monoisotopic (exact) mass is 535 g/mol. The lowest BCUT2D eigenvalue weighted by molar-refractivity contribution is -0.130. The van der Waals surface area contributed by atoms with Gasteiger partial charge in [0.05, 0.1) is 11.0 Å². The Hall–Kier alpha value is -3.27. The maximum Gasteiger partial charge on any atom is 0.360 e. The molecular weight excluding hydrogens is 498 g/mol. The molecule has 1 aromatic heterocycles. The van der Waals surface area contributed by atoms with Crippen molar-refractivity contribution in [1.29, 1.82) is 0 Å². The Bertz CT molecular complexity index is 1330. The second-order valence-corrected chi connectivity index (χ2v) is 11.9. The summed E-state index contributed by atoms with van der Waals surface area (Å²) in [5.41, 5.74) is 4.87. The van der Waals surface area contributed by atoms with Crippen molar-refractivity contribution in [3.63, 3.8) is 0 Å². The van der Waals surface area contributed by atoms with Crippen LogP contribution in [0.15, 0.2) is 34.2 Å². The number of amides is 1. The number of oxime groups is 1. The summed E-state index contributed by atoms with van der Waals surface area (Å²) in [5, 5.41) is 13.4. The highest BCUT2D eigenvalue weighted by Gasteiger charge is 2.45. The molecule has 0 radical (unpaired) electrons. The third-order valence-corrected chi connectivity index (χ3v) is 9.48. The van der Waals surface area contributed by atoms with Crippen LogP contribution in [0.4, 0.5) is 0 Å². The quantitative estimate of drug-likeness (QED) is 0.410. The minimum atomic E-state index is -1.46. The van der Waals surface area contributed by atoms with E-state index in [0.717, 1.165) is 37.5 Å². The third-order valence-electron chi connectivity index (χ3n) is 9.48. The lowest BCUT2D eigenvalue weighted by Gasteiger charge is -2.55. The first kappa shape index (κ1) is 26.0. The standard InChI is InChI=1S/C29H37N5O5/c30-25(35)16-39-32-27(29(37)38)26-28(36)34(24-10-2-1-9-23(24)31-26)22-14-19-7-4-8-20(15-22)33(19)21-12-17-5-3-6-18(11-17)13-21/h1-2,9-10,17-22H,3-8,11-16H2,(H2,30,35)(H,37,38)/b32-27-. The zero-order valence-corrected chi connectivity index (χ0v) is 22.2. The fourth-order valence-electron chi connectivity index (χ4n) is 8.15. The summed E-state index contributed by atoms with van der Waals surface area (Å²) >= 11 is 0. The van der Waals surface area contributed by atoms with Gasteiger partial charge in [0.25, 0.3) is 11.5 Å². The number of hydrogen-bond donors (Lipinski definition) is 2. The summed E-state index contributed by atoms with van der Waals surface area (Å²) in [6.07, 6.45) is 13.3. The molecule has 4 bridgehead atoms. The molecule has 4 aliphatic rings. The van der Waals surface area contributed by atoms with Crippen molar-refractivity contribution >= 4 is 28.6 Å². The van der Waals surface area contributed by atoms with Crippen molar-refractivity contribution in [3.05, 3.63) is 40.3 Å². The molecule has 39 heavy (non-hydrogen) atoms. The Kier molecular flexibility index (Phi) is 7.14. The van der Waals surface area contributed by atoms with Crippen LogP contribution >= 0.6 is 0 Å². The van der Waals surface area contributed by atoms with Crippen molar-refractivity contribution in [2.75, 3.05) is 6.61 Å². The highest BCUT2D eigenvalue weighted by molar-refractivity contribution is 6.41.